The van der Waals surface area contributed by atoms with Crippen molar-refractivity contribution in [1.82, 2.24) is 5.32 Å². The van der Waals surface area contributed by atoms with E-state index in [4.69, 9.17) is 5.73 Å². The van der Waals surface area contributed by atoms with Crippen LogP contribution in [0.5, 0.6) is 0 Å². The maximum absolute atomic E-state index is 11.9. The maximum atomic E-state index is 11.9. The van der Waals surface area contributed by atoms with Gasteiger partial charge in [0, 0.05) is 12.1 Å². The van der Waals surface area contributed by atoms with Gasteiger partial charge in [0.05, 0.1) is 11.6 Å². The average molecular weight is 277 g/mol. The van der Waals surface area contributed by atoms with Crippen molar-refractivity contribution in [3.8, 4) is 0 Å². The molecule has 0 bridgehead atoms. The zero-order valence-corrected chi connectivity index (χ0v) is 11.8. The second-order valence-corrected chi connectivity index (χ2v) is 4.97. The Labute approximate surface area is 118 Å². The van der Waals surface area contributed by atoms with Crippen molar-refractivity contribution >= 4 is 18.0 Å². The molecule has 0 radical (unpaired) electrons. The first-order chi connectivity index (χ1) is 9.36. The van der Waals surface area contributed by atoms with Crippen LogP contribution in [-0.4, -0.2) is 31.7 Å². The van der Waals surface area contributed by atoms with Crippen LogP contribution >= 0.6 is 0 Å². The van der Waals surface area contributed by atoms with E-state index in [9.17, 15) is 9.59 Å². The highest BCUT2D eigenvalue weighted by Crippen LogP contribution is 2.12. The van der Waals surface area contributed by atoms with Gasteiger partial charge in [-0.3, -0.25) is 9.59 Å². The topological polar surface area (TPSA) is 93.8 Å². The van der Waals surface area contributed by atoms with Crippen molar-refractivity contribution in [2.24, 2.45) is 16.3 Å². The fraction of sp³-hybridized carbons (Fsp3) is 0.357. The highest BCUT2D eigenvalue weighted by molar-refractivity contribution is 5.95. The molecule has 6 nitrogen and oxygen atoms in total. The Hall–Kier alpha value is -2.37. The Morgan fingerprint density at radius 2 is 1.95 bits per heavy atom. The van der Waals surface area contributed by atoms with Crippen LogP contribution in [0.3, 0.4) is 0 Å². The number of nitrogens with one attached hydrogen (secondary N) is 1. The molecule has 1 aromatic carbocycles. The second kappa shape index (κ2) is 6.70. The number of primary amides is 1. The van der Waals surface area contributed by atoms with Crippen molar-refractivity contribution in [3.63, 3.8) is 0 Å². The van der Waals surface area contributed by atoms with Crippen LogP contribution in [-0.2, 0) is 9.63 Å². The van der Waals surface area contributed by atoms with Gasteiger partial charge in [-0.25, -0.2) is 0 Å². The van der Waals surface area contributed by atoms with Gasteiger partial charge in [-0.15, -0.1) is 0 Å². The van der Waals surface area contributed by atoms with Crippen molar-refractivity contribution in [3.05, 3.63) is 35.4 Å². The summed E-state index contributed by atoms with van der Waals surface area (Å²) in [6.07, 6.45) is 1.54. The molecule has 0 saturated carbocycles. The lowest BCUT2D eigenvalue weighted by molar-refractivity contribution is -0.125. The van der Waals surface area contributed by atoms with E-state index in [1.54, 1.807) is 38.1 Å². The minimum atomic E-state index is -0.777. The molecule has 0 atom stereocenters. The first-order valence-electron chi connectivity index (χ1n) is 6.11. The van der Waals surface area contributed by atoms with Gasteiger partial charge in [-0.2, -0.15) is 0 Å². The van der Waals surface area contributed by atoms with E-state index in [0.717, 1.165) is 5.56 Å². The molecule has 20 heavy (non-hydrogen) atoms. The number of oxime groups is 1. The molecule has 0 aliphatic heterocycles. The van der Waals surface area contributed by atoms with Crippen LogP contribution < -0.4 is 11.1 Å². The molecule has 0 aliphatic carbocycles. The zero-order chi connectivity index (χ0) is 15.2. The lowest BCUT2D eigenvalue weighted by Gasteiger charge is -2.20. The quantitative estimate of drug-likeness (QED) is 0.597. The zero-order valence-electron chi connectivity index (χ0n) is 11.8. The van der Waals surface area contributed by atoms with Crippen LogP contribution in [0, 0.1) is 5.41 Å². The number of benzene rings is 1. The summed E-state index contributed by atoms with van der Waals surface area (Å²) in [5.41, 5.74) is 5.79. The summed E-state index contributed by atoms with van der Waals surface area (Å²) in [4.78, 5) is 27.6. The minimum Gasteiger partial charge on any atom is -0.399 e. The Bertz CT molecular complexity index is 507. The van der Waals surface area contributed by atoms with E-state index in [0.29, 0.717) is 5.56 Å². The molecule has 2 amide bonds. The van der Waals surface area contributed by atoms with Gasteiger partial charge in [0.2, 0.25) is 5.91 Å². The number of amides is 2. The fourth-order valence-electron chi connectivity index (χ4n) is 1.32. The summed E-state index contributed by atoms with van der Waals surface area (Å²) in [7, 11) is 1.46. The molecule has 3 N–H and O–H groups in total. The number of nitrogens with zero attached hydrogens (tertiary/aromatic N) is 1. The summed E-state index contributed by atoms with van der Waals surface area (Å²) in [6, 6.07) is 6.83. The number of hydrogen-bond donors (Lipinski definition) is 2. The van der Waals surface area contributed by atoms with Crippen molar-refractivity contribution in [2.45, 2.75) is 13.8 Å². The maximum Gasteiger partial charge on any atom is 0.251 e. The Kier molecular flexibility index (Phi) is 5.25. The summed E-state index contributed by atoms with van der Waals surface area (Å²) in [6.45, 7) is 3.55. The number of hydrogen-bond acceptors (Lipinski definition) is 4. The van der Waals surface area contributed by atoms with Gasteiger partial charge < -0.3 is 15.9 Å². The summed E-state index contributed by atoms with van der Waals surface area (Å²) in [5, 5.41) is 6.31. The van der Waals surface area contributed by atoms with E-state index >= 15 is 0 Å². The number of carbonyl (C=O) groups is 2. The van der Waals surface area contributed by atoms with Gasteiger partial charge in [-0.05, 0) is 31.5 Å². The van der Waals surface area contributed by atoms with E-state index < -0.39 is 11.3 Å². The third kappa shape index (κ3) is 4.38. The standard InChI is InChI=1S/C14H19N3O3/c1-14(2,13(15)19)9-16-12(18)11-6-4-10(5-7-11)8-17-20-3/h4-8H,9H2,1-3H3,(H2,15,19)(H,16,18)/b17-8+. The normalized spacial score (nSPS) is 11.3. The summed E-state index contributed by atoms with van der Waals surface area (Å²) < 4.78 is 0. The average Bonchev–Trinajstić information content (AvgIpc) is 2.43. The summed E-state index contributed by atoms with van der Waals surface area (Å²) in [5.74, 6) is -0.710. The SMILES string of the molecule is CO/N=C/c1ccc(C(=O)NCC(C)(C)C(N)=O)cc1. The lowest BCUT2D eigenvalue weighted by atomic mass is 9.92. The first-order valence-corrected chi connectivity index (χ1v) is 6.11. The molecule has 0 aliphatic rings. The molecule has 108 valence electrons. The van der Waals surface area contributed by atoms with Gasteiger partial charge in [0.1, 0.15) is 7.11 Å². The summed E-state index contributed by atoms with van der Waals surface area (Å²) >= 11 is 0. The molecule has 0 aromatic heterocycles. The van der Waals surface area contributed by atoms with Crippen molar-refractivity contribution in [2.75, 3.05) is 13.7 Å². The highest BCUT2D eigenvalue weighted by atomic mass is 16.6. The molecule has 1 aromatic rings. The van der Waals surface area contributed by atoms with Crippen LogP contribution in [0.25, 0.3) is 0 Å². The van der Waals surface area contributed by atoms with Gasteiger partial charge in [0.15, 0.2) is 0 Å². The van der Waals surface area contributed by atoms with Crippen LogP contribution in [0.4, 0.5) is 0 Å². The van der Waals surface area contributed by atoms with Gasteiger partial charge in [-0.1, -0.05) is 17.3 Å². The number of nitrogens with two attached hydrogens (primary N) is 1. The van der Waals surface area contributed by atoms with E-state index in [2.05, 4.69) is 15.3 Å². The highest BCUT2D eigenvalue weighted by Gasteiger charge is 2.25. The second-order valence-electron chi connectivity index (χ2n) is 4.97. The molecule has 0 saturated heterocycles. The van der Waals surface area contributed by atoms with Crippen LogP contribution in [0.1, 0.15) is 29.8 Å². The van der Waals surface area contributed by atoms with E-state index in [1.165, 1.54) is 13.3 Å². The van der Waals surface area contributed by atoms with Gasteiger partial charge in [0.25, 0.3) is 5.91 Å². The monoisotopic (exact) mass is 277 g/mol. The predicted octanol–water partition coefficient (Wildman–Crippen LogP) is 0.908. The van der Waals surface area contributed by atoms with Crippen molar-refractivity contribution in [1.29, 1.82) is 0 Å². The first kappa shape index (κ1) is 15.7. The largest absolute Gasteiger partial charge is 0.399 e. The fourth-order valence-corrected chi connectivity index (χ4v) is 1.32. The Morgan fingerprint density at radius 1 is 1.35 bits per heavy atom. The Morgan fingerprint density at radius 3 is 2.45 bits per heavy atom. The predicted molar refractivity (Wildman–Crippen MR) is 76.4 cm³/mol. The molecule has 0 spiro atoms. The number of rotatable bonds is 6. The molecular formula is C14H19N3O3. The molecule has 0 heterocycles. The van der Waals surface area contributed by atoms with E-state index in [1.807, 2.05) is 0 Å². The third-order valence-electron chi connectivity index (χ3n) is 2.84. The third-order valence-corrected chi connectivity index (χ3v) is 2.84. The van der Waals surface area contributed by atoms with Crippen LogP contribution in [0.15, 0.2) is 29.4 Å². The molecule has 6 heteroatoms. The van der Waals surface area contributed by atoms with Crippen molar-refractivity contribution < 1.29 is 14.4 Å². The molecule has 1 rings (SSSR count). The minimum absolute atomic E-state index is 0.189. The molecule has 0 unspecified atom stereocenters. The molecule has 0 fully saturated rings. The van der Waals surface area contributed by atoms with Crippen LogP contribution in [0.2, 0.25) is 0 Å². The van der Waals surface area contributed by atoms with E-state index in [-0.39, 0.29) is 12.5 Å². The van der Waals surface area contributed by atoms with Gasteiger partial charge >= 0.3 is 0 Å². The number of carbonyl (C=O) groups excluding carboxylic acids is 2. The molecular weight excluding hydrogens is 258 g/mol. The Balaban J connectivity index is 2.64. The smallest absolute Gasteiger partial charge is 0.251 e. The lowest BCUT2D eigenvalue weighted by Crippen LogP contribution is -2.42.